The normalized spacial score (nSPS) is 37.4. The molecule has 1 aliphatic heterocycles. The monoisotopic (exact) mass is 506 g/mol. The van der Waals surface area contributed by atoms with Crippen LogP contribution in [0.15, 0.2) is 6.33 Å². The first kappa shape index (κ1) is 18.3. The lowest BCUT2D eigenvalue weighted by Crippen LogP contribution is -2.31. The fourth-order valence-electron chi connectivity index (χ4n) is 5.74. The van der Waals surface area contributed by atoms with E-state index in [1.807, 2.05) is 20.2 Å². The Kier molecular flexibility index (Phi) is 3.79. The fraction of sp³-hybridized carbons (Fsp3) is 0.700. The molecule has 9 heteroatoms. The van der Waals surface area contributed by atoms with Crippen LogP contribution in [0.3, 0.4) is 0 Å². The van der Waals surface area contributed by atoms with Gasteiger partial charge in [-0.05, 0) is 33.1 Å². The quantitative estimate of drug-likeness (QED) is 0.504. The van der Waals surface area contributed by atoms with Crippen molar-refractivity contribution >= 4 is 39.6 Å². The molecule has 4 aliphatic rings. The predicted molar refractivity (Wildman–Crippen MR) is 113 cm³/mol. The molecule has 4 fully saturated rings. The summed E-state index contributed by atoms with van der Waals surface area (Å²) in [4.78, 5) is 14.0. The Morgan fingerprint density at radius 3 is 2.83 bits per heavy atom. The van der Waals surface area contributed by atoms with E-state index in [1.54, 1.807) is 0 Å². The van der Waals surface area contributed by atoms with E-state index in [4.69, 9.17) is 19.4 Å². The summed E-state index contributed by atoms with van der Waals surface area (Å²) in [5.41, 5.74) is 1.15. The molecule has 0 bridgehead atoms. The number of rotatable bonds is 3. The van der Waals surface area contributed by atoms with Crippen molar-refractivity contribution in [2.75, 3.05) is 5.32 Å². The lowest BCUT2D eigenvalue weighted by Gasteiger charge is -2.24. The van der Waals surface area contributed by atoms with E-state index in [-0.39, 0.29) is 24.2 Å². The number of fused-ring (bicyclic) bond motifs is 4. The highest BCUT2D eigenvalue weighted by atomic mass is 127. The third-order valence-electron chi connectivity index (χ3n) is 7.06. The van der Waals surface area contributed by atoms with Crippen molar-refractivity contribution in [2.24, 2.45) is 11.3 Å². The van der Waals surface area contributed by atoms with E-state index in [9.17, 15) is 5.26 Å². The molecule has 3 saturated carbocycles. The molecule has 0 unspecified atom stereocenters. The van der Waals surface area contributed by atoms with Crippen LogP contribution in [-0.2, 0) is 9.47 Å². The summed E-state index contributed by atoms with van der Waals surface area (Å²) in [5.74, 6) is 0.334. The number of nitrogens with one attached hydrogen (secondary N) is 1. The molecule has 0 radical (unpaired) electrons. The Balaban J connectivity index is 1.42. The molecule has 0 spiro atoms. The van der Waals surface area contributed by atoms with Crippen LogP contribution in [0.5, 0.6) is 0 Å². The summed E-state index contributed by atoms with van der Waals surface area (Å²) in [6.45, 7) is 3.84. The number of anilines is 1. The predicted octanol–water partition coefficient (Wildman–Crippen LogP) is 3.39. The molecule has 6 rings (SSSR count). The van der Waals surface area contributed by atoms with Gasteiger partial charge in [0, 0.05) is 34.6 Å². The molecule has 2 aromatic heterocycles. The van der Waals surface area contributed by atoms with Crippen LogP contribution in [0, 0.1) is 26.5 Å². The Hall–Kier alpha value is -1.51. The van der Waals surface area contributed by atoms with Gasteiger partial charge in [0.2, 0.25) is 0 Å². The van der Waals surface area contributed by atoms with Crippen LogP contribution in [-0.4, -0.2) is 43.6 Å². The maximum absolute atomic E-state index is 9.91. The van der Waals surface area contributed by atoms with E-state index in [2.05, 4.69) is 43.5 Å². The molecular formula is C20H23IN6O2. The SMILES string of the molecule is CC1(C)O[C@H]2[C@H](n3cnc4c(NC5CCCC5)nc(I)nc43)[C@H]3C[C@@]3(C#N)[C@H]2O1. The van der Waals surface area contributed by atoms with Gasteiger partial charge in [0.25, 0.3) is 0 Å². The Labute approximate surface area is 182 Å². The van der Waals surface area contributed by atoms with Gasteiger partial charge in [0.15, 0.2) is 26.6 Å². The highest BCUT2D eigenvalue weighted by Gasteiger charge is 2.77. The number of halogens is 1. The second kappa shape index (κ2) is 6.02. The van der Waals surface area contributed by atoms with Gasteiger partial charge in [-0.15, -0.1) is 0 Å². The lowest BCUT2D eigenvalue weighted by atomic mass is 10.0. The Morgan fingerprint density at radius 1 is 1.28 bits per heavy atom. The minimum Gasteiger partial charge on any atom is -0.365 e. The molecule has 3 aliphatic carbocycles. The number of nitriles is 1. The zero-order valence-electron chi connectivity index (χ0n) is 16.4. The van der Waals surface area contributed by atoms with Crippen molar-refractivity contribution in [1.29, 1.82) is 5.26 Å². The minimum atomic E-state index is -0.681. The topological polar surface area (TPSA) is 97.9 Å². The third-order valence-corrected chi connectivity index (χ3v) is 7.55. The van der Waals surface area contributed by atoms with Gasteiger partial charge in [-0.25, -0.2) is 15.0 Å². The summed E-state index contributed by atoms with van der Waals surface area (Å²) in [6, 6.07) is 3.00. The molecule has 8 nitrogen and oxygen atoms in total. The molecule has 1 N–H and O–H groups in total. The Bertz CT molecular complexity index is 1040. The molecular weight excluding hydrogens is 483 g/mol. The van der Waals surface area contributed by atoms with Crippen LogP contribution in [0.1, 0.15) is 52.0 Å². The first-order valence-corrected chi connectivity index (χ1v) is 11.4. The standard InChI is InChI=1S/C20H23IN6O2/c1-19(2)28-14-13(11-7-20(11,8-22)15(14)29-19)27-9-23-12-16(24-10-5-3-4-6-10)25-18(21)26-17(12)27/h9-11,13-15H,3-7H2,1-2H3,(H,24,25,26)/t11-,13-,14+,15+,20+/m1/s1. The van der Waals surface area contributed by atoms with Crippen LogP contribution < -0.4 is 5.32 Å². The molecule has 152 valence electrons. The molecule has 29 heavy (non-hydrogen) atoms. The first-order valence-electron chi connectivity index (χ1n) is 10.4. The summed E-state index contributed by atoms with van der Waals surface area (Å²) < 4.78 is 15.2. The maximum Gasteiger partial charge on any atom is 0.194 e. The highest BCUT2D eigenvalue weighted by molar-refractivity contribution is 14.1. The molecule has 1 saturated heterocycles. The second-order valence-electron chi connectivity index (χ2n) is 9.27. The molecule has 2 aromatic rings. The van der Waals surface area contributed by atoms with Crippen molar-refractivity contribution in [3.63, 3.8) is 0 Å². The maximum atomic E-state index is 9.91. The molecule has 0 aromatic carbocycles. The van der Waals surface area contributed by atoms with Gasteiger partial charge in [-0.1, -0.05) is 12.8 Å². The summed E-state index contributed by atoms with van der Waals surface area (Å²) in [6.07, 6.45) is 7.17. The molecule has 5 atom stereocenters. The van der Waals surface area contributed by atoms with Crippen LogP contribution in [0.2, 0.25) is 0 Å². The van der Waals surface area contributed by atoms with Gasteiger partial charge in [0.05, 0.1) is 23.9 Å². The number of aromatic nitrogens is 4. The van der Waals surface area contributed by atoms with Crippen LogP contribution >= 0.6 is 22.6 Å². The number of hydrogen-bond acceptors (Lipinski definition) is 7. The van der Waals surface area contributed by atoms with Gasteiger partial charge in [0.1, 0.15) is 12.2 Å². The van der Waals surface area contributed by atoms with Gasteiger partial charge < -0.3 is 19.4 Å². The van der Waals surface area contributed by atoms with Crippen LogP contribution in [0.25, 0.3) is 11.2 Å². The second-order valence-corrected chi connectivity index (χ2v) is 10.2. The number of imidazole rings is 1. The molecule has 0 amide bonds. The number of nitrogens with zero attached hydrogens (tertiary/aromatic N) is 5. The number of hydrogen-bond donors (Lipinski definition) is 1. The average molecular weight is 506 g/mol. The zero-order chi connectivity index (χ0) is 20.0. The zero-order valence-corrected chi connectivity index (χ0v) is 18.6. The average Bonchev–Trinajstić information content (AvgIpc) is 3.07. The van der Waals surface area contributed by atoms with E-state index in [1.165, 1.54) is 25.7 Å². The third kappa shape index (κ3) is 2.58. The van der Waals surface area contributed by atoms with E-state index in [0.29, 0.717) is 9.87 Å². The van der Waals surface area contributed by atoms with Crippen molar-refractivity contribution < 1.29 is 9.47 Å². The first-order chi connectivity index (χ1) is 13.9. The van der Waals surface area contributed by atoms with Crippen LogP contribution in [0.4, 0.5) is 5.82 Å². The molecule has 3 heterocycles. The lowest BCUT2D eigenvalue weighted by molar-refractivity contribution is -0.158. The van der Waals surface area contributed by atoms with E-state index >= 15 is 0 Å². The van der Waals surface area contributed by atoms with Gasteiger partial charge >= 0.3 is 0 Å². The highest BCUT2D eigenvalue weighted by Crippen LogP contribution is 2.71. The van der Waals surface area contributed by atoms with Crippen molar-refractivity contribution in [2.45, 2.75) is 76.0 Å². The minimum absolute atomic E-state index is 0.00328. The van der Waals surface area contributed by atoms with Crippen molar-refractivity contribution in [1.82, 2.24) is 19.5 Å². The fourth-order valence-corrected chi connectivity index (χ4v) is 6.21. The van der Waals surface area contributed by atoms with Crippen molar-refractivity contribution in [3.8, 4) is 6.07 Å². The van der Waals surface area contributed by atoms with E-state index in [0.717, 1.165) is 23.4 Å². The Morgan fingerprint density at radius 2 is 2.07 bits per heavy atom. The van der Waals surface area contributed by atoms with E-state index < -0.39 is 11.2 Å². The van der Waals surface area contributed by atoms with Gasteiger partial charge in [-0.2, -0.15) is 5.26 Å². The summed E-state index contributed by atoms with van der Waals surface area (Å²) in [7, 11) is 0. The summed E-state index contributed by atoms with van der Waals surface area (Å²) in [5, 5.41) is 13.5. The van der Waals surface area contributed by atoms with Crippen molar-refractivity contribution in [3.05, 3.63) is 10.2 Å². The summed E-state index contributed by atoms with van der Waals surface area (Å²) >= 11 is 2.17. The number of ether oxygens (including phenoxy) is 2. The smallest absolute Gasteiger partial charge is 0.194 e. The van der Waals surface area contributed by atoms with Gasteiger partial charge in [-0.3, -0.25) is 0 Å². The largest absolute Gasteiger partial charge is 0.365 e.